The maximum absolute atomic E-state index is 10.9. The van der Waals surface area contributed by atoms with Crippen molar-refractivity contribution in [2.45, 2.75) is 59.0 Å². The number of anilines is 1. The highest BCUT2D eigenvalue weighted by atomic mass is 32.1. The van der Waals surface area contributed by atoms with Gasteiger partial charge in [-0.05, 0) is 30.1 Å². The van der Waals surface area contributed by atoms with E-state index in [9.17, 15) is 4.79 Å². The van der Waals surface area contributed by atoms with Gasteiger partial charge in [-0.2, -0.15) is 0 Å². The minimum absolute atomic E-state index is 0.303. The Hall–Kier alpha value is -1.14. The van der Waals surface area contributed by atoms with Gasteiger partial charge in [0.05, 0.1) is 5.69 Å². The number of thiazole rings is 1. The number of aliphatic carboxylic acids is 1. The van der Waals surface area contributed by atoms with E-state index in [2.05, 4.69) is 38.0 Å². The normalized spacial score (nSPS) is 22.7. The Morgan fingerprint density at radius 1 is 1.43 bits per heavy atom. The number of nitrogens with two attached hydrogens (primary N) is 1. The van der Waals surface area contributed by atoms with E-state index >= 15 is 0 Å². The molecular weight excluding hydrogens is 286 g/mol. The predicted octanol–water partition coefficient (Wildman–Crippen LogP) is 3.24. The van der Waals surface area contributed by atoms with E-state index in [1.165, 1.54) is 17.8 Å². The van der Waals surface area contributed by atoms with Crippen molar-refractivity contribution in [2.24, 2.45) is 16.6 Å². The first-order valence-corrected chi connectivity index (χ1v) is 8.16. The van der Waals surface area contributed by atoms with Crippen molar-refractivity contribution in [3.05, 3.63) is 11.1 Å². The van der Waals surface area contributed by atoms with E-state index in [4.69, 9.17) is 10.8 Å². The highest BCUT2D eigenvalue weighted by molar-refractivity contribution is 7.13. The largest absolute Gasteiger partial charge is 0.480 e. The van der Waals surface area contributed by atoms with Gasteiger partial charge in [0.2, 0.25) is 0 Å². The summed E-state index contributed by atoms with van der Waals surface area (Å²) in [4.78, 5) is 15.2. The van der Waals surface area contributed by atoms with Crippen molar-refractivity contribution >= 4 is 22.4 Å². The third kappa shape index (κ3) is 4.17. The van der Waals surface area contributed by atoms with Gasteiger partial charge in [0.25, 0.3) is 0 Å². The minimum atomic E-state index is -1.05. The number of hydrogen-bond donors (Lipinski definition) is 3. The lowest BCUT2D eigenvalue weighted by atomic mass is 9.63. The standard InChI is InChI=1S/C15H25N3O2S/c1-14(2)5-9(6-15(3,4)8-14)17-13-18-10(7-21-13)11(16)12(19)20/h7,9,11H,5-6,8,16H2,1-4H3,(H,17,18)(H,19,20). The van der Waals surface area contributed by atoms with E-state index in [0.29, 0.717) is 22.6 Å². The first-order chi connectivity index (χ1) is 9.58. The van der Waals surface area contributed by atoms with Gasteiger partial charge in [0.1, 0.15) is 6.04 Å². The number of carboxylic acid groups (broad SMARTS) is 1. The van der Waals surface area contributed by atoms with Crippen molar-refractivity contribution in [1.82, 2.24) is 4.98 Å². The van der Waals surface area contributed by atoms with Gasteiger partial charge in [-0.25, -0.2) is 4.98 Å². The molecule has 1 aliphatic carbocycles. The molecule has 118 valence electrons. The topological polar surface area (TPSA) is 88.2 Å². The van der Waals surface area contributed by atoms with Gasteiger partial charge in [-0.1, -0.05) is 27.7 Å². The van der Waals surface area contributed by atoms with Gasteiger partial charge in [-0.3, -0.25) is 4.79 Å². The predicted molar refractivity (Wildman–Crippen MR) is 85.5 cm³/mol. The molecule has 1 fully saturated rings. The molecule has 2 rings (SSSR count). The fourth-order valence-electron chi connectivity index (χ4n) is 3.74. The Bertz CT molecular complexity index is 509. The Morgan fingerprint density at radius 3 is 2.52 bits per heavy atom. The first-order valence-electron chi connectivity index (χ1n) is 7.28. The number of nitrogens with one attached hydrogen (secondary N) is 1. The maximum atomic E-state index is 10.9. The van der Waals surface area contributed by atoms with Gasteiger partial charge in [-0.15, -0.1) is 11.3 Å². The second-order valence-corrected chi connectivity index (χ2v) is 8.51. The molecule has 1 aromatic heterocycles. The molecule has 0 amide bonds. The lowest BCUT2D eigenvalue weighted by molar-refractivity contribution is -0.138. The summed E-state index contributed by atoms with van der Waals surface area (Å²) in [6, 6.07) is -0.681. The molecule has 0 bridgehead atoms. The van der Waals surface area contributed by atoms with Crippen LogP contribution >= 0.6 is 11.3 Å². The Kier molecular flexibility index (Phi) is 4.31. The van der Waals surface area contributed by atoms with E-state index < -0.39 is 12.0 Å². The van der Waals surface area contributed by atoms with Crippen LogP contribution in [0.3, 0.4) is 0 Å². The molecule has 1 aliphatic rings. The van der Waals surface area contributed by atoms with Crippen molar-refractivity contribution in [3.8, 4) is 0 Å². The number of rotatable bonds is 4. The van der Waals surface area contributed by atoms with E-state index in [0.717, 1.165) is 18.0 Å². The van der Waals surface area contributed by atoms with Crippen LogP contribution in [0.1, 0.15) is 58.7 Å². The molecule has 1 unspecified atom stereocenters. The molecule has 21 heavy (non-hydrogen) atoms. The third-order valence-electron chi connectivity index (χ3n) is 3.99. The highest BCUT2D eigenvalue weighted by Crippen LogP contribution is 2.46. The molecule has 0 aromatic carbocycles. The molecule has 1 atom stereocenters. The van der Waals surface area contributed by atoms with Crippen molar-refractivity contribution in [2.75, 3.05) is 5.32 Å². The molecule has 5 nitrogen and oxygen atoms in total. The lowest BCUT2D eigenvalue weighted by Crippen LogP contribution is -2.40. The van der Waals surface area contributed by atoms with Crippen LogP contribution < -0.4 is 11.1 Å². The first kappa shape index (κ1) is 16.2. The zero-order valence-electron chi connectivity index (χ0n) is 13.1. The number of nitrogens with zero attached hydrogens (tertiary/aromatic N) is 1. The van der Waals surface area contributed by atoms with E-state index in [-0.39, 0.29) is 0 Å². The molecule has 0 aliphatic heterocycles. The van der Waals surface area contributed by atoms with Crippen molar-refractivity contribution in [3.63, 3.8) is 0 Å². The van der Waals surface area contributed by atoms with Crippen LogP contribution in [0.25, 0.3) is 0 Å². The Morgan fingerprint density at radius 2 is 2.00 bits per heavy atom. The van der Waals surface area contributed by atoms with Crippen LogP contribution in [0.2, 0.25) is 0 Å². The third-order valence-corrected chi connectivity index (χ3v) is 4.78. The van der Waals surface area contributed by atoms with Crippen LogP contribution in [0.4, 0.5) is 5.13 Å². The second-order valence-electron chi connectivity index (χ2n) is 7.65. The van der Waals surface area contributed by atoms with Crippen LogP contribution in [0.5, 0.6) is 0 Å². The van der Waals surface area contributed by atoms with Crippen molar-refractivity contribution in [1.29, 1.82) is 0 Å². The fraction of sp³-hybridized carbons (Fsp3) is 0.733. The smallest absolute Gasteiger partial charge is 0.326 e. The lowest BCUT2D eigenvalue weighted by Gasteiger charge is -2.45. The summed E-state index contributed by atoms with van der Waals surface area (Å²) in [6.07, 6.45) is 3.40. The van der Waals surface area contributed by atoms with E-state index in [1.807, 2.05) is 0 Å². The Balaban J connectivity index is 2.06. The minimum Gasteiger partial charge on any atom is -0.480 e. The summed E-state index contributed by atoms with van der Waals surface area (Å²) in [5.74, 6) is -1.05. The maximum Gasteiger partial charge on any atom is 0.326 e. The summed E-state index contributed by atoms with van der Waals surface area (Å²) < 4.78 is 0. The zero-order valence-corrected chi connectivity index (χ0v) is 14.0. The number of carboxylic acids is 1. The van der Waals surface area contributed by atoms with Crippen LogP contribution in [-0.4, -0.2) is 22.1 Å². The molecule has 1 aromatic rings. The average molecular weight is 311 g/mol. The van der Waals surface area contributed by atoms with Crippen LogP contribution in [-0.2, 0) is 4.79 Å². The van der Waals surface area contributed by atoms with E-state index in [1.54, 1.807) is 5.38 Å². The SMILES string of the molecule is CC1(C)CC(Nc2nc(C(N)C(=O)O)cs2)CC(C)(C)C1. The molecule has 6 heteroatoms. The highest BCUT2D eigenvalue weighted by Gasteiger charge is 2.38. The van der Waals surface area contributed by atoms with Gasteiger partial charge in [0, 0.05) is 11.4 Å². The van der Waals surface area contributed by atoms with Gasteiger partial charge >= 0.3 is 5.97 Å². The van der Waals surface area contributed by atoms with Gasteiger partial charge in [0.15, 0.2) is 5.13 Å². The zero-order chi connectivity index (χ0) is 15.8. The Labute approximate surface area is 130 Å². The molecule has 4 N–H and O–H groups in total. The summed E-state index contributed by atoms with van der Waals surface area (Å²) in [5.41, 5.74) is 6.61. The summed E-state index contributed by atoms with van der Waals surface area (Å²) in [5, 5.41) is 14.9. The molecule has 0 saturated heterocycles. The molecular formula is C15H25N3O2S. The molecule has 1 heterocycles. The van der Waals surface area contributed by atoms with Gasteiger partial charge < -0.3 is 16.2 Å². The summed E-state index contributed by atoms with van der Waals surface area (Å²) >= 11 is 1.42. The fourth-order valence-corrected chi connectivity index (χ4v) is 4.57. The molecule has 0 radical (unpaired) electrons. The quantitative estimate of drug-likeness (QED) is 0.794. The summed E-state index contributed by atoms with van der Waals surface area (Å²) in [6.45, 7) is 9.21. The second kappa shape index (κ2) is 5.57. The number of hydrogen-bond acceptors (Lipinski definition) is 5. The van der Waals surface area contributed by atoms with Crippen molar-refractivity contribution < 1.29 is 9.90 Å². The van der Waals surface area contributed by atoms with Crippen LogP contribution in [0, 0.1) is 10.8 Å². The monoisotopic (exact) mass is 311 g/mol. The van der Waals surface area contributed by atoms with Crippen LogP contribution in [0.15, 0.2) is 5.38 Å². The number of carbonyl (C=O) groups is 1. The summed E-state index contributed by atoms with van der Waals surface area (Å²) in [7, 11) is 0. The molecule has 0 spiro atoms. The number of aromatic nitrogens is 1. The molecule has 1 saturated carbocycles. The average Bonchev–Trinajstić information content (AvgIpc) is 2.71.